The van der Waals surface area contributed by atoms with Crippen molar-refractivity contribution in [3.63, 3.8) is 0 Å². The van der Waals surface area contributed by atoms with Gasteiger partial charge in [0.2, 0.25) is 10.0 Å². The van der Waals surface area contributed by atoms with Gasteiger partial charge in [-0.1, -0.05) is 19.1 Å². The minimum atomic E-state index is -3.67. The number of hydrogen-bond donors (Lipinski definition) is 1. The largest absolute Gasteiger partial charge is 0.388 e. The highest BCUT2D eigenvalue weighted by Crippen LogP contribution is 2.23. The first kappa shape index (κ1) is 17.6. The van der Waals surface area contributed by atoms with Crippen LogP contribution >= 0.6 is 0 Å². The summed E-state index contributed by atoms with van der Waals surface area (Å²) in [6.07, 6.45) is -0.00712. The average molecular weight is 310 g/mol. The Bertz CT molecular complexity index is 606. The lowest BCUT2D eigenvalue weighted by atomic mass is 10.1. The molecule has 1 aromatic carbocycles. The molecule has 116 valence electrons. The molecule has 0 fully saturated rings. The van der Waals surface area contributed by atoms with Crippen molar-refractivity contribution in [3.8, 4) is 6.07 Å². The molecule has 1 N–H and O–H groups in total. The first-order valence-corrected chi connectivity index (χ1v) is 8.45. The smallest absolute Gasteiger partial charge is 0.243 e. The fourth-order valence-corrected chi connectivity index (χ4v) is 3.76. The van der Waals surface area contributed by atoms with E-state index < -0.39 is 16.1 Å². The molecule has 1 rings (SSSR count). The molecule has 0 amide bonds. The van der Waals surface area contributed by atoms with Gasteiger partial charge in [0.05, 0.1) is 17.1 Å². The Balaban J connectivity index is 3.19. The third-order valence-corrected chi connectivity index (χ3v) is 5.33. The Hall–Kier alpha value is -1.42. The summed E-state index contributed by atoms with van der Waals surface area (Å²) < 4.78 is 26.7. The van der Waals surface area contributed by atoms with E-state index in [-0.39, 0.29) is 23.9 Å². The number of aliphatic hydroxyl groups is 1. The van der Waals surface area contributed by atoms with Crippen LogP contribution in [-0.2, 0) is 10.0 Å². The van der Waals surface area contributed by atoms with Gasteiger partial charge in [0, 0.05) is 19.0 Å². The fraction of sp³-hybridized carbons (Fsp3) is 0.533. The monoisotopic (exact) mass is 310 g/mol. The second kappa shape index (κ2) is 7.55. The lowest BCUT2D eigenvalue weighted by molar-refractivity contribution is 0.173. The van der Waals surface area contributed by atoms with Crippen molar-refractivity contribution in [2.75, 3.05) is 6.54 Å². The van der Waals surface area contributed by atoms with E-state index in [1.807, 2.05) is 13.0 Å². The Morgan fingerprint density at radius 3 is 2.57 bits per heavy atom. The Morgan fingerprint density at radius 2 is 2.05 bits per heavy atom. The molecule has 1 aromatic rings. The van der Waals surface area contributed by atoms with Crippen LogP contribution < -0.4 is 0 Å². The number of benzene rings is 1. The topological polar surface area (TPSA) is 81.4 Å². The SMILES string of the molecule is CCC(O)c1cccc(S(=O)(=O)N(CCC#N)C(C)C)c1. The maximum Gasteiger partial charge on any atom is 0.243 e. The zero-order chi connectivity index (χ0) is 16.0. The van der Waals surface area contributed by atoms with Crippen LogP contribution in [0.4, 0.5) is 0 Å². The molecule has 0 spiro atoms. The Labute approximate surface area is 126 Å². The summed E-state index contributed by atoms with van der Waals surface area (Å²) >= 11 is 0. The summed E-state index contributed by atoms with van der Waals surface area (Å²) in [6.45, 7) is 5.55. The molecule has 0 radical (unpaired) electrons. The molecular formula is C15H22N2O3S. The van der Waals surface area contributed by atoms with Crippen molar-refractivity contribution in [3.05, 3.63) is 29.8 Å². The van der Waals surface area contributed by atoms with Crippen LogP contribution in [0.15, 0.2) is 29.2 Å². The highest BCUT2D eigenvalue weighted by atomic mass is 32.2. The van der Waals surface area contributed by atoms with Crippen molar-refractivity contribution in [1.29, 1.82) is 5.26 Å². The van der Waals surface area contributed by atoms with Crippen LogP contribution in [0.5, 0.6) is 0 Å². The lowest BCUT2D eigenvalue weighted by Crippen LogP contribution is -2.37. The van der Waals surface area contributed by atoms with Crippen molar-refractivity contribution in [2.24, 2.45) is 0 Å². The van der Waals surface area contributed by atoms with E-state index in [0.29, 0.717) is 12.0 Å². The van der Waals surface area contributed by atoms with E-state index in [2.05, 4.69) is 0 Å². The zero-order valence-electron chi connectivity index (χ0n) is 12.7. The minimum absolute atomic E-state index is 0.148. The van der Waals surface area contributed by atoms with Crippen LogP contribution in [0, 0.1) is 11.3 Å². The maximum absolute atomic E-state index is 12.7. The van der Waals surface area contributed by atoms with Gasteiger partial charge in [-0.3, -0.25) is 0 Å². The summed E-state index contributed by atoms with van der Waals surface area (Å²) in [5, 5.41) is 18.5. The average Bonchev–Trinajstić information content (AvgIpc) is 2.46. The Kier molecular flexibility index (Phi) is 6.34. The van der Waals surface area contributed by atoms with Crippen LogP contribution in [0.2, 0.25) is 0 Å². The molecule has 0 heterocycles. The fourth-order valence-electron chi connectivity index (χ4n) is 2.07. The highest BCUT2D eigenvalue weighted by Gasteiger charge is 2.27. The molecule has 21 heavy (non-hydrogen) atoms. The molecule has 6 heteroatoms. The van der Waals surface area contributed by atoms with Crippen LogP contribution in [-0.4, -0.2) is 30.4 Å². The quantitative estimate of drug-likeness (QED) is 0.838. The van der Waals surface area contributed by atoms with Gasteiger partial charge in [-0.05, 0) is 38.0 Å². The minimum Gasteiger partial charge on any atom is -0.388 e. The summed E-state index contributed by atoms with van der Waals surface area (Å²) in [6, 6.07) is 8.10. The molecule has 0 saturated carbocycles. The third kappa shape index (κ3) is 4.27. The number of nitriles is 1. The molecule has 0 aliphatic rings. The number of sulfonamides is 1. The lowest BCUT2D eigenvalue weighted by Gasteiger charge is -2.25. The van der Waals surface area contributed by atoms with Gasteiger partial charge in [-0.2, -0.15) is 9.57 Å². The van der Waals surface area contributed by atoms with Gasteiger partial charge >= 0.3 is 0 Å². The third-order valence-electron chi connectivity index (χ3n) is 3.26. The summed E-state index contributed by atoms with van der Waals surface area (Å²) in [4.78, 5) is 0.152. The molecule has 0 aliphatic heterocycles. The Morgan fingerprint density at radius 1 is 1.38 bits per heavy atom. The highest BCUT2D eigenvalue weighted by molar-refractivity contribution is 7.89. The van der Waals surface area contributed by atoms with Crippen LogP contribution in [0.25, 0.3) is 0 Å². The van der Waals surface area contributed by atoms with Gasteiger partial charge in [0.15, 0.2) is 0 Å². The number of nitrogens with zero attached hydrogens (tertiary/aromatic N) is 2. The normalized spacial score (nSPS) is 13.4. The molecule has 1 unspecified atom stereocenters. The van der Waals surface area contributed by atoms with Crippen molar-refractivity contribution in [2.45, 2.75) is 50.7 Å². The number of hydrogen-bond acceptors (Lipinski definition) is 4. The van der Waals surface area contributed by atoms with E-state index in [0.717, 1.165) is 0 Å². The molecule has 0 aromatic heterocycles. The first-order chi connectivity index (χ1) is 9.84. The number of aliphatic hydroxyl groups excluding tert-OH is 1. The first-order valence-electron chi connectivity index (χ1n) is 7.01. The zero-order valence-corrected chi connectivity index (χ0v) is 13.5. The van der Waals surface area contributed by atoms with Gasteiger partial charge < -0.3 is 5.11 Å². The van der Waals surface area contributed by atoms with E-state index >= 15 is 0 Å². The summed E-state index contributed by atoms with van der Waals surface area (Å²) in [5.74, 6) is 0. The van der Waals surface area contributed by atoms with Gasteiger partial charge in [-0.15, -0.1) is 0 Å². The van der Waals surface area contributed by atoms with Crippen LogP contribution in [0.3, 0.4) is 0 Å². The second-order valence-corrected chi connectivity index (χ2v) is 7.00. The van der Waals surface area contributed by atoms with Crippen molar-refractivity contribution < 1.29 is 13.5 Å². The molecule has 1 atom stereocenters. The van der Waals surface area contributed by atoms with E-state index in [4.69, 9.17) is 5.26 Å². The van der Waals surface area contributed by atoms with Gasteiger partial charge in [-0.25, -0.2) is 8.42 Å². The van der Waals surface area contributed by atoms with Crippen molar-refractivity contribution in [1.82, 2.24) is 4.31 Å². The molecule has 0 aliphatic carbocycles. The predicted octanol–water partition coefficient (Wildman–Crippen LogP) is 2.44. The second-order valence-electron chi connectivity index (χ2n) is 5.11. The van der Waals surface area contributed by atoms with E-state index in [1.165, 1.54) is 16.4 Å². The van der Waals surface area contributed by atoms with Crippen molar-refractivity contribution >= 4 is 10.0 Å². The van der Waals surface area contributed by atoms with E-state index in [1.54, 1.807) is 26.0 Å². The van der Waals surface area contributed by atoms with Crippen LogP contribution in [0.1, 0.15) is 45.3 Å². The predicted molar refractivity (Wildman–Crippen MR) is 81.0 cm³/mol. The summed E-state index contributed by atoms with van der Waals surface area (Å²) in [5.41, 5.74) is 0.586. The van der Waals surface area contributed by atoms with E-state index in [9.17, 15) is 13.5 Å². The molecular weight excluding hydrogens is 288 g/mol. The standard InChI is InChI=1S/C15H22N2O3S/c1-4-15(18)13-7-5-8-14(11-13)21(19,20)17(12(2)3)10-6-9-16/h5,7-8,11-12,15,18H,4,6,10H2,1-3H3. The number of rotatable bonds is 7. The molecule has 0 bridgehead atoms. The molecule has 5 nitrogen and oxygen atoms in total. The maximum atomic E-state index is 12.7. The molecule has 0 saturated heterocycles. The van der Waals surface area contributed by atoms with Gasteiger partial charge in [0.25, 0.3) is 0 Å². The summed E-state index contributed by atoms with van der Waals surface area (Å²) in [7, 11) is -3.67. The van der Waals surface area contributed by atoms with Gasteiger partial charge in [0.1, 0.15) is 0 Å².